The predicted octanol–water partition coefficient (Wildman–Crippen LogP) is 2.62. The number of amides is 1. The van der Waals surface area contributed by atoms with E-state index in [0.717, 1.165) is 11.3 Å². The lowest BCUT2D eigenvalue weighted by atomic mass is 10.2. The minimum absolute atomic E-state index is 0.160. The average molecular weight is 257 g/mol. The summed E-state index contributed by atoms with van der Waals surface area (Å²) in [4.78, 5) is 11.6. The third-order valence-electron chi connectivity index (χ3n) is 2.57. The van der Waals surface area contributed by atoms with Crippen LogP contribution in [0, 0.1) is 0 Å². The second-order valence-corrected chi connectivity index (χ2v) is 3.91. The lowest BCUT2D eigenvalue weighted by Crippen LogP contribution is -2.20. The Morgan fingerprint density at radius 3 is 2.74 bits per heavy atom. The van der Waals surface area contributed by atoms with Crippen LogP contribution in [0.15, 0.2) is 53.2 Å². The maximum atomic E-state index is 11.6. The first-order valence-electron chi connectivity index (χ1n) is 5.90. The number of furan rings is 1. The van der Waals surface area contributed by atoms with Crippen molar-refractivity contribution < 1.29 is 13.9 Å². The number of carbonyl (C=O) groups is 1. The third-order valence-corrected chi connectivity index (χ3v) is 2.57. The van der Waals surface area contributed by atoms with Crippen LogP contribution in [0.2, 0.25) is 0 Å². The predicted molar refractivity (Wildman–Crippen MR) is 72.6 cm³/mol. The lowest BCUT2D eigenvalue weighted by Gasteiger charge is -2.04. The molecule has 0 fully saturated rings. The summed E-state index contributed by atoms with van der Waals surface area (Å²) in [7, 11) is 1.62. The fourth-order valence-electron chi connectivity index (χ4n) is 1.54. The summed E-state index contributed by atoms with van der Waals surface area (Å²) in [6, 6.07) is 11.1. The van der Waals surface area contributed by atoms with Gasteiger partial charge in [0.15, 0.2) is 0 Å². The van der Waals surface area contributed by atoms with E-state index in [0.29, 0.717) is 12.3 Å². The molecule has 1 N–H and O–H groups in total. The zero-order valence-corrected chi connectivity index (χ0v) is 10.6. The largest absolute Gasteiger partial charge is 0.497 e. The van der Waals surface area contributed by atoms with Gasteiger partial charge >= 0.3 is 0 Å². The van der Waals surface area contributed by atoms with Gasteiger partial charge in [0, 0.05) is 12.6 Å². The van der Waals surface area contributed by atoms with E-state index in [4.69, 9.17) is 9.15 Å². The highest BCUT2D eigenvalue weighted by Crippen LogP contribution is 2.10. The quantitative estimate of drug-likeness (QED) is 0.838. The number of rotatable bonds is 5. The molecular formula is C15H15NO3. The van der Waals surface area contributed by atoms with Crippen LogP contribution in [0.5, 0.6) is 5.75 Å². The molecule has 0 spiro atoms. The topological polar surface area (TPSA) is 51.5 Å². The van der Waals surface area contributed by atoms with Crippen LogP contribution in [0.3, 0.4) is 0 Å². The van der Waals surface area contributed by atoms with E-state index in [2.05, 4.69) is 5.32 Å². The first-order valence-corrected chi connectivity index (χ1v) is 5.90. The summed E-state index contributed by atoms with van der Waals surface area (Å²) in [6.07, 6.45) is 4.64. The van der Waals surface area contributed by atoms with Gasteiger partial charge in [0.2, 0.25) is 5.91 Å². The van der Waals surface area contributed by atoms with Crippen LogP contribution < -0.4 is 10.1 Å². The molecule has 4 nitrogen and oxygen atoms in total. The Morgan fingerprint density at radius 1 is 1.32 bits per heavy atom. The second-order valence-electron chi connectivity index (χ2n) is 3.91. The van der Waals surface area contributed by atoms with Crippen molar-refractivity contribution in [2.45, 2.75) is 6.54 Å². The number of methoxy groups -OCH3 is 1. The molecule has 0 aliphatic rings. The molecule has 98 valence electrons. The molecule has 0 saturated carbocycles. The first kappa shape index (κ1) is 13.0. The molecule has 0 saturated heterocycles. The minimum Gasteiger partial charge on any atom is -0.497 e. The van der Waals surface area contributed by atoms with Gasteiger partial charge in [0.25, 0.3) is 0 Å². The number of carbonyl (C=O) groups excluding carboxylic acids is 1. The van der Waals surface area contributed by atoms with Gasteiger partial charge in [-0.15, -0.1) is 0 Å². The number of ether oxygens (including phenoxy) is 1. The normalized spacial score (nSPS) is 10.6. The van der Waals surface area contributed by atoms with Crippen LogP contribution >= 0.6 is 0 Å². The SMILES string of the molecule is COc1ccc(CNC(=O)C=Cc2ccco2)cc1. The van der Waals surface area contributed by atoms with Crippen molar-refractivity contribution in [2.24, 2.45) is 0 Å². The summed E-state index contributed by atoms with van der Waals surface area (Å²) in [5, 5.41) is 2.79. The van der Waals surface area contributed by atoms with Crippen molar-refractivity contribution >= 4 is 12.0 Å². The molecule has 1 heterocycles. The molecule has 1 amide bonds. The maximum absolute atomic E-state index is 11.6. The molecule has 0 bridgehead atoms. The Morgan fingerprint density at radius 2 is 2.11 bits per heavy atom. The molecule has 1 aromatic heterocycles. The summed E-state index contributed by atoms with van der Waals surface area (Å²) >= 11 is 0. The summed E-state index contributed by atoms with van der Waals surface area (Å²) in [6.45, 7) is 0.478. The molecule has 1 aromatic carbocycles. The molecule has 0 unspecified atom stereocenters. The second kappa shape index (κ2) is 6.44. The van der Waals surface area contributed by atoms with Crippen molar-refractivity contribution in [3.8, 4) is 5.75 Å². The molecule has 0 radical (unpaired) electrons. The van der Waals surface area contributed by atoms with Crippen LogP contribution in [0.1, 0.15) is 11.3 Å². The molecule has 2 rings (SSSR count). The van der Waals surface area contributed by atoms with Crippen LogP contribution in [0.25, 0.3) is 6.08 Å². The van der Waals surface area contributed by atoms with E-state index in [1.807, 2.05) is 24.3 Å². The Hall–Kier alpha value is -2.49. The van der Waals surface area contributed by atoms with Crippen molar-refractivity contribution in [3.63, 3.8) is 0 Å². The van der Waals surface area contributed by atoms with Crippen molar-refractivity contribution in [3.05, 3.63) is 60.1 Å². The van der Waals surface area contributed by atoms with Crippen LogP contribution in [-0.4, -0.2) is 13.0 Å². The number of hydrogen-bond acceptors (Lipinski definition) is 3. The molecule has 0 atom stereocenters. The minimum atomic E-state index is -0.160. The molecule has 0 aliphatic heterocycles. The Labute approximate surface area is 111 Å². The summed E-state index contributed by atoms with van der Waals surface area (Å²) in [5.74, 6) is 1.29. The highest BCUT2D eigenvalue weighted by Gasteiger charge is 1.98. The number of hydrogen-bond donors (Lipinski definition) is 1. The van der Waals surface area contributed by atoms with Crippen molar-refractivity contribution in [2.75, 3.05) is 7.11 Å². The van der Waals surface area contributed by atoms with E-state index < -0.39 is 0 Å². The van der Waals surface area contributed by atoms with Crippen molar-refractivity contribution in [1.82, 2.24) is 5.32 Å². The third kappa shape index (κ3) is 4.03. The summed E-state index contributed by atoms with van der Waals surface area (Å²) in [5.41, 5.74) is 1.01. The Balaban J connectivity index is 1.82. The molecule has 0 aliphatic carbocycles. The van der Waals surface area contributed by atoms with Crippen molar-refractivity contribution in [1.29, 1.82) is 0 Å². The standard InChI is InChI=1S/C15H15NO3/c1-18-13-6-4-12(5-7-13)11-16-15(17)9-8-14-3-2-10-19-14/h2-10H,11H2,1H3,(H,16,17). The van der Waals surface area contributed by atoms with E-state index in [1.165, 1.54) is 6.08 Å². The van der Waals surface area contributed by atoms with E-state index in [1.54, 1.807) is 31.6 Å². The zero-order chi connectivity index (χ0) is 13.5. The Bertz CT molecular complexity index is 541. The van der Waals surface area contributed by atoms with E-state index in [9.17, 15) is 4.79 Å². The van der Waals surface area contributed by atoms with E-state index >= 15 is 0 Å². The highest BCUT2D eigenvalue weighted by molar-refractivity contribution is 5.91. The van der Waals surface area contributed by atoms with Gasteiger partial charge < -0.3 is 14.5 Å². The maximum Gasteiger partial charge on any atom is 0.244 e. The van der Waals surface area contributed by atoms with Gasteiger partial charge in [0.05, 0.1) is 13.4 Å². The summed E-state index contributed by atoms with van der Waals surface area (Å²) < 4.78 is 10.2. The van der Waals surface area contributed by atoms with Crippen LogP contribution in [-0.2, 0) is 11.3 Å². The monoisotopic (exact) mass is 257 g/mol. The van der Waals surface area contributed by atoms with Gasteiger partial charge in [-0.25, -0.2) is 0 Å². The fourth-order valence-corrected chi connectivity index (χ4v) is 1.54. The number of nitrogens with one attached hydrogen (secondary N) is 1. The average Bonchev–Trinajstić information content (AvgIpc) is 2.96. The lowest BCUT2D eigenvalue weighted by molar-refractivity contribution is -0.116. The van der Waals surface area contributed by atoms with Gasteiger partial charge in [-0.3, -0.25) is 4.79 Å². The zero-order valence-electron chi connectivity index (χ0n) is 10.6. The van der Waals surface area contributed by atoms with Gasteiger partial charge in [0.1, 0.15) is 11.5 Å². The highest BCUT2D eigenvalue weighted by atomic mass is 16.5. The van der Waals surface area contributed by atoms with Gasteiger partial charge in [-0.05, 0) is 35.9 Å². The van der Waals surface area contributed by atoms with Gasteiger partial charge in [-0.2, -0.15) is 0 Å². The number of benzene rings is 1. The fraction of sp³-hybridized carbons (Fsp3) is 0.133. The first-order chi connectivity index (χ1) is 9.28. The smallest absolute Gasteiger partial charge is 0.244 e. The molecule has 2 aromatic rings. The molecular weight excluding hydrogens is 242 g/mol. The van der Waals surface area contributed by atoms with Gasteiger partial charge in [-0.1, -0.05) is 12.1 Å². The molecule has 4 heteroatoms. The Kier molecular flexibility index (Phi) is 4.39. The molecule has 19 heavy (non-hydrogen) atoms. The van der Waals surface area contributed by atoms with Crippen LogP contribution in [0.4, 0.5) is 0 Å². The van der Waals surface area contributed by atoms with E-state index in [-0.39, 0.29) is 5.91 Å².